The molecule has 1 amide bonds. The number of ether oxygens (including phenoxy) is 1. The predicted octanol–water partition coefficient (Wildman–Crippen LogP) is 2.87. The lowest BCUT2D eigenvalue weighted by Crippen LogP contribution is -2.32. The number of aliphatic hydroxyl groups is 1. The third-order valence-corrected chi connectivity index (χ3v) is 3.60. The number of aliphatic hydroxyl groups excluding tert-OH is 1. The summed E-state index contributed by atoms with van der Waals surface area (Å²) in [5.74, 6) is 0.787. The topological polar surface area (TPSA) is 58.6 Å². The lowest BCUT2D eigenvalue weighted by molar-refractivity contribution is -0.123. The van der Waals surface area contributed by atoms with Crippen LogP contribution >= 0.6 is 0 Å². The Kier molecular flexibility index (Phi) is 6.63. The fraction of sp³-hybridized carbons (Fsp3) is 0.316. The molecule has 4 nitrogen and oxygen atoms in total. The second kappa shape index (κ2) is 8.96. The monoisotopic (exact) mass is 313 g/mol. The van der Waals surface area contributed by atoms with E-state index in [1.807, 2.05) is 61.5 Å². The van der Waals surface area contributed by atoms with Crippen molar-refractivity contribution in [2.24, 2.45) is 5.92 Å². The van der Waals surface area contributed by atoms with Gasteiger partial charge in [0.05, 0.1) is 0 Å². The van der Waals surface area contributed by atoms with Gasteiger partial charge in [0.2, 0.25) is 0 Å². The van der Waals surface area contributed by atoms with E-state index in [9.17, 15) is 4.79 Å². The minimum Gasteiger partial charge on any atom is -0.483 e. The van der Waals surface area contributed by atoms with Gasteiger partial charge in [0.15, 0.2) is 6.61 Å². The number of nitrogens with one attached hydrogen (secondary N) is 1. The van der Waals surface area contributed by atoms with E-state index in [1.54, 1.807) is 0 Å². The maximum Gasteiger partial charge on any atom is 0.257 e. The quantitative estimate of drug-likeness (QED) is 0.788. The number of rotatable bonds is 8. The SMILES string of the molecule is CC(CCO)CNC(=O)COc1ccccc1-c1ccccc1. The second-order valence-electron chi connectivity index (χ2n) is 5.57. The Morgan fingerprint density at radius 3 is 2.57 bits per heavy atom. The van der Waals surface area contributed by atoms with E-state index in [-0.39, 0.29) is 25.0 Å². The van der Waals surface area contributed by atoms with Crippen LogP contribution in [0.15, 0.2) is 54.6 Å². The molecule has 2 N–H and O–H groups in total. The van der Waals surface area contributed by atoms with Crippen LogP contribution in [-0.4, -0.2) is 30.8 Å². The molecule has 0 fully saturated rings. The number of carbonyl (C=O) groups excluding carboxylic acids is 1. The highest BCUT2D eigenvalue weighted by Crippen LogP contribution is 2.29. The molecule has 4 heteroatoms. The zero-order valence-corrected chi connectivity index (χ0v) is 13.4. The molecule has 0 spiro atoms. The molecular formula is C19H23NO3. The van der Waals surface area contributed by atoms with Crippen molar-refractivity contribution >= 4 is 5.91 Å². The van der Waals surface area contributed by atoms with Gasteiger partial charge >= 0.3 is 0 Å². The van der Waals surface area contributed by atoms with E-state index in [0.717, 1.165) is 11.1 Å². The zero-order valence-electron chi connectivity index (χ0n) is 13.4. The van der Waals surface area contributed by atoms with Crippen LogP contribution in [0.1, 0.15) is 13.3 Å². The Hall–Kier alpha value is -2.33. The Balaban J connectivity index is 1.92. The molecule has 0 heterocycles. The van der Waals surface area contributed by atoms with Crippen LogP contribution in [0, 0.1) is 5.92 Å². The molecule has 1 atom stereocenters. The summed E-state index contributed by atoms with van der Waals surface area (Å²) in [6, 6.07) is 17.6. The number of para-hydroxylation sites is 1. The highest BCUT2D eigenvalue weighted by molar-refractivity contribution is 5.78. The van der Waals surface area contributed by atoms with Crippen LogP contribution in [0.4, 0.5) is 0 Å². The molecule has 2 aromatic rings. The molecule has 0 aliphatic carbocycles. The third-order valence-electron chi connectivity index (χ3n) is 3.60. The molecule has 2 aromatic carbocycles. The van der Waals surface area contributed by atoms with Gasteiger partial charge in [0.25, 0.3) is 5.91 Å². The Labute approximate surface area is 137 Å². The minimum absolute atomic E-state index is 0.0182. The van der Waals surface area contributed by atoms with Crippen molar-refractivity contribution in [3.8, 4) is 16.9 Å². The maximum atomic E-state index is 11.9. The molecule has 0 aromatic heterocycles. The fourth-order valence-corrected chi connectivity index (χ4v) is 2.25. The Morgan fingerprint density at radius 1 is 1.13 bits per heavy atom. The summed E-state index contributed by atoms with van der Waals surface area (Å²) >= 11 is 0. The number of hydrogen-bond acceptors (Lipinski definition) is 3. The van der Waals surface area contributed by atoms with Crippen molar-refractivity contribution < 1.29 is 14.6 Å². The van der Waals surface area contributed by atoms with E-state index in [0.29, 0.717) is 18.7 Å². The van der Waals surface area contributed by atoms with Gasteiger partial charge in [-0.15, -0.1) is 0 Å². The van der Waals surface area contributed by atoms with Gasteiger partial charge in [-0.1, -0.05) is 55.5 Å². The van der Waals surface area contributed by atoms with E-state index in [1.165, 1.54) is 0 Å². The highest BCUT2D eigenvalue weighted by atomic mass is 16.5. The van der Waals surface area contributed by atoms with Gasteiger partial charge in [-0.25, -0.2) is 0 Å². The van der Waals surface area contributed by atoms with Gasteiger partial charge < -0.3 is 15.2 Å². The highest BCUT2D eigenvalue weighted by Gasteiger charge is 2.09. The van der Waals surface area contributed by atoms with Crippen molar-refractivity contribution in [3.63, 3.8) is 0 Å². The molecule has 122 valence electrons. The summed E-state index contributed by atoms with van der Waals surface area (Å²) < 4.78 is 5.68. The predicted molar refractivity (Wildman–Crippen MR) is 91.2 cm³/mol. The molecule has 0 radical (unpaired) electrons. The normalized spacial score (nSPS) is 11.7. The summed E-state index contributed by atoms with van der Waals surface area (Å²) in [7, 11) is 0. The molecule has 2 rings (SSSR count). The minimum atomic E-state index is -0.155. The van der Waals surface area contributed by atoms with Gasteiger partial charge in [-0.05, 0) is 24.0 Å². The van der Waals surface area contributed by atoms with E-state index >= 15 is 0 Å². The van der Waals surface area contributed by atoms with Gasteiger partial charge in [0.1, 0.15) is 5.75 Å². The number of carbonyl (C=O) groups is 1. The summed E-state index contributed by atoms with van der Waals surface area (Å²) in [5, 5.41) is 11.7. The smallest absolute Gasteiger partial charge is 0.257 e. The number of benzene rings is 2. The fourth-order valence-electron chi connectivity index (χ4n) is 2.25. The Morgan fingerprint density at radius 2 is 1.83 bits per heavy atom. The van der Waals surface area contributed by atoms with Crippen LogP contribution in [-0.2, 0) is 4.79 Å². The molecular weight excluding hydrogens is 290 g/mol. The molecule has 0 saturated heterocycles. The summed E-state index contributed by atoms with van der Waals surface area (Å²) in [4.78, 5) is 11.9. The summed E-state index contributed by atoms with van der Waals surface area (Å²) in [6.07, 6.45) is 0.679. The van der Waals surface area contributed by atoms with Crippen molar-refractivity contribution in [2.45, 2.75) is 13.3 Å². The van der Waals surface area contributed by atoms with Crippen LogP contribution in [0.25, 0.3) is 11.1 Å². The largest absolute Gasteiger partial charge is 0.483 e. The van der Waals surface area contributed by atoms with Crippen molar-refractivity contribution in [2.75, 3.05) is 19.8 Å². The average molecular weight is 313 g/mol. The molecule has 0 bridgehead atoms. The molecule has 0 saturated carbocycles. The number of amides is 1. The summed E-state index contributed by atoms with van der Waals surface area (Å²) in [5.41, 5.74) is 2.02. The lowest BCUT2D eigenvalue weighted by atomic mass is 10.1. The van der Waals surface area contributed by atoms with E-state index in [2.05, 4.69) is 5.32 Å². The maximum absolute atomic E-state index is 11.9. The van der Waals surface area contributed by atoms with Crippen LogP contribution in [0.5, 0.6) is 5.75 Å². The van der Waals surface area contributed by atoms with Crippen LogP contribution in [0.2, 0.25) is 0 Å². The summed E-state index contributed by atoms with van der Waals surface area (Å²) in [6.45, 7) is 2.65. The standard InChI is InChI=1S/C19H23NO3/c1-15(11-12-21)13-20-19(22)14-23-18-10-6-5-9-17(18)16-7-3-2-4-8-16/h2-10,15,21H,11-14H2,1H3,(H,20,22). The second-order valence-corrected chi connectivity index (χ2v) is 5.57. The van der Waals surface area contributed by atoms with Crippen molar-refractivity contribution in [3.05, 3.63) is 54.6 Å². The first kappa shape index (κ1) is 17.0. The Bertz CT molecular complexity index is 613. The third kappa shape index (κ3) is 5.42. The molecule has 0 aliphatic heterocycles. The van der Waals surface area contributed by atoms with Crippen LogP contribution in [0.3, 0.4) is 0 Å². The first-order chi connectivity index (χ1) is 11.2. The van der Waals surface area contributed by atoms with E-state index in [4.69, 9.17) is 9.84 Å². The molecule has 0 aliphatic rings. The lowest BCUT2D eigenvalue weighted by Gasteiger charge is -2.13. The molecule has 1 unspecified atom stereocenters. The van der Waals surface area contributed by atoms with Crippen molar-refractivity contribution in [1.82, 2.24) is 5.32 Å². The van der Waals surface area contributed by atoms with Crippen molar-refractivity contribution in [1.29, 1.82) is 0 Å². The van der Waals surface area contributed by atoms with E-state index < -0.39 is 0 Å². The van der Waals surface area contributed by atoms with Gasteiger partial charge in [0, 0.05) is 18.7 Å². The van der Waals surface area contributed by atoms with Gasteiger partial charge in [-0.2, -0.15) is 0 Å². The average Bonchev–Trinajstić information content (AvgIpc) is 2.59. The van der Waals surface area contributed by atoms with Crippen LogP contribution < -0.4 is 10.1 Å². The first-order valence-corrected chi connectivity index (χ1v) is 7.85. The molecule has 23 heavy (non-hydrogen) atoms. The first-order valence-electron chi connectivity index (χ1n) is 7.85. The number of hydrogen-bond donors (Lipinski definition) is 2. The van der Waals surface area contributed by atoms with Gasteiger partial charge in [-0.3, -0.25) is 4.79 Å². The zero-order chi connectivity index (χ0) is 16.5.